The lowest BCUT2D eigenvalue weighted by molar-refractivity contribution is 0.969. The zero-order chi connectivity index (χ0) is 10.1. The molecular weight excluding hydrogens is 200 g/mol. The average Bonchev–Trinajstić information content (AvgIpc) is 2.63. The van der Waals surface area contributed by atoms with Crippen LogP contribution >= 0.6 is 11.6 Å². The first-order valence-corrected chi connectivity index (χ1v) is 4.49. The molecule has 2 aromatic rings. The Balaban J connectivity index is 2.64. The molecule has 2 aromatic heterocycles. The average molecular weight is 209 g/mol. The van der Waals surface area contributed by atoms with Gasteiger partial charge in [0.25, 0.3) is 0 Å². The molecule has 0 amide bonds. The molecule has 0 atom stereocenters. The van der Waals surface area contributed by atoms with Crippen LogP contribution in [0.15, 0.2) is 24.5 Å². The second kappa shape index (κ2) is 3.31. The minimum atomic E-state index is 0.185. The number of nitrogen functional groups attached to an aromatic ring is 1. The summed E-state index contributed by atoms with van der Waals surface area (Å²) in [5.74, 6) is 0.900. The van der Waals surface area contributed by atoms with Crippen molar-refractivity contribution >= 4 is 17.5 Å². The predicted molar refractivity (Wildman–Crippen MR) is 55.5 cm³/mol. The molecule has 0 saturated carbocycles. The zero-order valence-corrected chi connectivity index (χ0v) is 8.36. The van der Waals surface area contributed by atoms with Gasteiger partial charge in [-0.15, -0.1) is 0 Å². The van der Waals surface area contributed by atoms with Crippen LogP contribution in [0.2, 0.25) is 5.15 Å². The molecular formula is C9H9ClN4. The summed E-state index contributed by atoms with van der Waals surface area (Å²) >= 11 is 5.89. The van der Waals surface area contributed by atoms with Crippen LogP contribution in [0.25, 0.3) is 5.82 Å². The van der Waals surface area contributed by atoms with Crippen LogP contribution in [-0.4, -0.2) is 14.5 Å². The number of hydrogen-bond donors (Lipinski definition) is 1. The van der Waals surface area contributed by atoms with Crippen LogP contribution in [0, 0.1) is 6.92 Å². The van der Waals surface area contributed by atoms with E-state index in [0.717, 1.165) is 5.56 Å². The van der Waals surface area contributed by atoms with Crippen LogP contribution in [0.4, 0.5) is 5.95 Å². The van der Waals surface area contributed by atoms with Gasteiger partial charge in [-0.3, -0.25) is 0 Å². The van der Waals surface area contributed by atoms with Gasteiger partial charge in [0.2, 0.25) is 5.95 Å². The Labute approximate surface area is 86.4 Å². The third-order valence-corrected chi connectivity index (χ3v) is 2.30. The van der Waals surface area contributed by atoms with Gasteiger partial charge in [0.1, 0.15) is 11.0 Å². The number of nitrogens with two attached hydrogens (primary N) is 1. The Morgan fingerprint density at radius 1 is 1.29 bits per heavy atom. The summed E-state index contributed by atoms with van der Waals surface area (Å²) in [5, 5.41) is 0.390. The Morgan fingerprint density at radius 3 is 2.57 bits per heavy atom. The minimum Gasteiger partial charge on any atom is -0.368 e. The second-order valence-corrected chi connectivity index (χ2v) is 3.27. The molecule has 0 aromatic carbocycles. The van der Waals surface area contributed by atoms with Crippen molar-refractivity contribution in [3.05, 3.63) is 35.2 Å². The second-order valence-electron chi connectivity index (χ2n) is 2.91. The van der Waals surface area contributed by atoms with E-state index in [2.05, 4.69) is 9.97 Å². The van der Waals surface area contributed by atoms with Crippen molar-refractivity contribution in [2.24, 2.45) is 0 Å². The first kappa shape index (κ1) is 9.02. The highest BCUT2D eigenvalue weighted by Crippen LogP contribution is 2.19. The third-order valence-electron chi connectivity index (χ3n) is 1.93. The normalized spacial score (nSPS) is 10.4. The number of anilines is 1. The Bertz CT molecular complexity index is 450. The van der Waals surface area contributed by atoms with Crippen LogP contribution in [0.5, 0.6) is 0 Å². The fourth-order valence-electron chi connectivity index (χ4n) is 1.22. The van der Waals surface area contributed by atoms with Gasteiger partial charge in [-0.2, -0.15) is 4.98 Å². The molecule has 2 heterocycles. The highest BCUT2D eigenvalue weighted by molar-refractivity contribution is 6.30. The topological polar surface area (TPSA) is 56.7 Å². The van der Waals surface area contributed by atoms with Gasteiger partial charge < -0.3 is 10.3 Å². The summed E-state index contributed by atoms with van der Waals surface area (Å²) in [6.45, 7) is 1.86. The lowest BCUT2D eigenvalue weighted by Gasteiger charge is -2.07. The summed E-state index contributed by atoms with van der Waals surface area (Å²) in [4.78, 5) is 7.98. The van der Waals surface area contributed by atoms with Crippen LogP contribution < -0.4 is 5.73 Å². The Morgan fingerprint density at radius 2 is 1.93 bits per heavy atom. The quantitative estimate of drug-likeness (QED) is 0.728. The summed E-state index contributed by atoms with van der Waals surface area (Å²) < 4.78 is 1.85. The molecule has 0 aliphatic carbocycles. The van der Waals surface area contributed by atoms with Gasteiger partial charge in [0.15, 0.2) is 0 Å². The van der Waals surface area contributed by atoms with Gasteiger partial charge in [-0.05, 0) is 19.1 Å². The minimum absolute atomic E-state index is 0.185. The van der Waals surface area contributed by atoms with Gasteiger partial charge in [0.05, 0.1) is 0 Å². The number of hydrogen-bond acceptors (Lipinski definition) is 3. The SMILES string of the molecule is Cc1c(Cl)nc(N)nc1-n1cccc1. The lowest BCUT2D eigenvalue weighted by Crippen LogP contribution is -2.04. The maximum absolute atomic E-state index is 5.89. The van der Waals surface area contributed by atoms with Crippen molar-refractivity contribution in [1.29, 1.82) is 0 Å². The van der Waals surface area contributed by atoms with Gasteiger partial charge in [-0.1, -0.05) is 11.6 Å². The molecule has 72 valence electrons. The molecule has 0 aliphatic heterocycles. The summed E-state index contributed by atoms with van der Waals surface area (Å²) in [5.41, 5.74) is 6.33. The predicted octanol–water partition coefficient (Wildman–Crippen LogP) is 1.81. The third kappa shape index (κ3) is 1.44. The largest absolute Gasteiger partial charge is 0.368 e. The summed E-state index contributed by atoms with van der Waals surface area (Å²) in [6.07, 6.45) is 3.76. The van der Waals surface area contributed by atoms with Crippen LogP contribution in [0.3, 0.4) is 0 Å². The molecule has 4 nitrogen and oxygen atoms in total. The molecule has 2 N–H and O–H groups in total. The van der Waals surface area contributed by atoms with E-state index in [1.807, 2.05) is 36.0 Å². The van der Waals surface area contributed by atoms with Gasteiger partial charge in [0, 0.05) is 18.0 Å². The Hall–Kier alpha value is -1.55. The van der Waals surface area contributed by atoms with E-state index in [9.17, 15) is 0 Å². The van der Waals surface area contributed by atoms with Crippen molar-refractivity contribution in [3.8, 4) is 5.82 Å². The smallest absolute Gasteiger partial charge is 0.223 e. The van der Waals surface area contributed by atoms with Crippen molar-refractivity contribution in [2.45, 2.75) is 6.92 Å². The molecule has 0 radical (unpaired) electrons. The standard InChI is InChI=1S/C9H9ClN4/c1-6-7(10)12-9(11)13-8(6)14-4-2-3-5-14/h2-5H,1H3,(H2,11,12,13). The van der Waals surface area contributed by atoms with Gasteiger partial charge in [-0.25, -0.2) is 4.98 Å². The number of nitrogens with zero attached hydrogens (tertiary/aromatic N) is 3. The molecule has 0 aliphatic rings. The van der Waals surface area contributed by atoms with E-state index in [4.69, 9.17) is 17.3 Å². The molecule has 2 rings (SSSR count). The fraction of sp³-hybridized carbons (Fsp3) is 0.111. The maximum atomic E-state index is 5.89. The van der Waals surface area contributed by atoms with Crippen molar-refractivity contribution in [3.63, 3.8) is 0 Å². The highest BCUT2D eigenvalue weighted by Gasteiger charge is 2.08. The molecule has 0 bridgehead atoms. The first-order valence-electron chi connectivity index (χ1n) is 4.11. The summed E-state index contributed by atoms with van der Waals surface area (Å²) in [7, 11) is 0. The lowest BCUT2D eigenvalue weighted by atomic mass is 10.3. The zero-order valence-electron chi connectivity index (χ0n) is 7.61. The molecule has 0 unspecified atom stereocenters. The number of halogens is 1. The van der Waals surface area contributed by atoms with Gasteiger partial charge >= 0.3 is 0 Å². The van der Waals surface area contributed by atoms with E-state index < -0.39 is 0 Å². The number of rotatable bonds is 1. The summed E-state index contributed by atoms with van der Waals surface area (Å²) in [6, 6.07) is 3.82. The molecule has 0 fully saturated rings. The molecule has 5 heteroatoms. The van der Waals surface area contributed by atoms with Crippen LogP contribution in [0.1, 0.15) is 5.56 Å². The first-order chi connectivity index (χ1) is 6.68. The van der Waals surface area contributed by atoms with E-state index in [1.165, 1.54) is 0 Å². The monoisotopic (exact) mass is 208 g/mol. The van der Waals surface area contributed by atoms with Crippen molar-refractivity contribution < 1.29 is 0 Å². The molecule has 0 saturated heterocycles. The van der Waals surface area contributed by atoms with Crippen molar-refractivity contribution in [2.75, 3.05) is 5.73 Å². The maximum Gasteiger partial charge on any atom is 0.223 e. The van der Waals surface area contributed by atoms with E-state index in [0.29, 0.717) is 11.0 Å². The van der Waals surface area contributed by atoms with Crippen LogP contribution in [-0.2, 0) is 0 Å². The van der Waals surface area contributed by atoms with E-state index in [1.54, 1.807) is 0 Å². The fourth-order valence-corrected chi connectivity index (χ4v) is 1.39. The van der Waals surface area contributed by atoms with Crippen molar-refractivity contribution in [1.82, 2.24) is 14.5 Å². The van der Waals surface area contributed by atoms with E-state index in [-0.39, 0.29) is 5.95 Å². The molecule has 0 spiro atoms. The Kier molecular flexibility index (Phi) is 2.13. The molecule has 14 heavy (non-hydrogen) atoms. The highest BCUT2D eigenvalue weighted by atomic mass is 35.5. The van der Waals surface area contributed by atoms with E-state index >= 15 is 0 Å². The number of aromatic nitrogens is 3.